The molecular weight excluding hydrogens is 336 g/mol. The predicted octanol–water partition coefficient (Wildman–Crippen LogP) is 7.11. The summed E-state index contributed by atoms with van der Waals surface area (Å²) in [4.78, 5) is 12.1. The molecule has 0 radical (unpaired) electrons. The number of carbonyl (C=O) groups excluding carboxylic acids is 1. The van der Waals surface area contributed by atoms with Crippen molar-refractivity contribution in [3.8, 4) is 0 Å². The van der Waals surface area contributed by atoms with Gasteiger partial charge in [-0.3, -0.25) is 0 Å². The number of unbranched alkanes of at least 4 members (excludes halogenated alkanes) is 12. The molecule has 1 heterocycles. The van der Waals surface area contributed by atoms with Crippen LogP contribution in [0.25, 0.3) is 0 Å². The average molecular weight is 381 g/mol. The molecule has 1 aliphatic heterocycles. The molecular formula is C24H44O3. The zero-order chi connectivity index (χ0) is 19.2. The molecule has 0 amide bonds. The Balaban J connectivity index is 1.32. The van der Waals surface area contributed by atoms with E-state index in [-0.39, 0.29) is 24.3 Å². The van der Waals surface area contributed by atoms with Gasteiger partial charge < -0.3 is 9.47 Å². The Bertz CT molecular complexity index is 376. The SMILES string of the molecule is CCCCCCCCCCCCCCCC1OC1C(=O)OC1CCCCC1. The van der Waals surface area contributed by atoms with Crippen LogP contribution >= 0.6 is 0 Å². The van der Waals surface area contributed by atoms with Gasteiger partial charge in [0, 0.05) is 0 Å². The van der Waals surface area contributed by atoms with Gasteiger partial charge in [-0.15, -0.1) is 0 Å². The number of carbonyl (C=O) groups is 1. The van der Waals surface area contributed by atoms with Crippen LogP contribution in [0.3, 0.4) is 0 Å². The van der Waals surface area contributed by atoms with E-state index in [0.29, 0.717) is 0 Å². The fourth-order valence-corrected chi connectivity index (χ4v) is 4.35. The maximum Gasteiger partial charge on any atom is 0.338 e. The second-order valence-corrected chi connectivity index (χ2v) is 8.82. The summed E-state index contributed by atoms with van der Waals surface area (Å²) in [7, 11) is 0. The van der Waals surface area contributed by atoms with Crippen molar-refractivity contribution >= 4 is 5.97 Å². The zero-order valence-corrected chi connectivity index (χ0v) is 17.9. The third-order valence-corrected chi connectivity index (χ3v) is 6.24. The van der Waals surface area contributed by atoms with Crippen molar-refractivity contribution in [2.75, 3.05) is 0 Å². The first kappa shape index (κ1) is 22.7. The quantitative estimate of drug-likeness (QED) is 0.163. The van der Waals surface area contributed by atoms with Gasteiger partial charge in [0.15, 0.2) is 6.10 Å². The monoisotopic (exact) mass is 380 g/mol. The molecule has 0 spiro atoms. The van der Waals surface area contributed by atoms with Gasteiger partial charge in [0.2, 0.25) is 0 Å². The van der Waals surface area contributed by atoms with Crippen molar-refractivity contribution in [1.29, 1.82) is 0 Å². The highest BCUT2D eigenvalue weighted by Crippen LogP contribution is 2.30. The summed E-state index contributed by atoms with van der Waals surface area (Å²) in [6.45, 7) is 2.28. The molecule has 0 N–H and O–H groups in total. The molecule has 2 fully saturated rings. The minimum absolute atomic E-state index is 0.0957. The van der Waals surface area contributed by atoms with Crippen LogP contribution in [0.15, 0.2) is 0 Å². The molecule has 2 rings (SSSR count). The van der Waals surface area contributed by atoms with Crippen molar-refractivity contribution in [1.82, 2.24) is 0 Å². The van der Waals surface area contributed by atoms with Crippen LogP contribution in [-0.2, 0) is 14.3 Å². The first-order valence-electron chi connectivity index (χ1n) is 12.2. The van der Waals surface area contributed by atoms with Crippen LogP contribution in [0.1, 0.15) is 129 Å². The molecule has 1 aliphatic carbocycles. The predicted molar refractivity (Wildman–Crippen MR) is 112 cm³/mol. The summed E-state index contributed by atoms with van der Waals surface area (Å²) < 4.78 is 11.2. The highest BCUT2D eigenvalue weighted by Gasteiger charge is 2.46. The van der Waals surface area contributed by atoms with Crippen molar-refractivity contribution < 1.29 is 14.3 Å². The van der Waals surface area contributed by atoms with Crippen molar-refractivity contribution in [2.45, 2.75) is 147 Å². The molecule has 3 nitrogen and oxygen atoms in total. The second-order valence-electron chi connectivity index (χ2n) is 8.82. The molecule has 2 unspecified atom stereocenters. The Morgan fingerprint density at radius 3 is 1.85 bits per heavy atom. The molecule has 0 bridgehead atoms. The van der Waals surface area contributed by atoms with Gasteiger partial charge in [-0.2, -0.15) is 0 Å². The van der Waals surface area contributed by atoms with Crippen LogP contribution in [0.5, 0.6) is 0 Å². The summed E-state index contributed by atoms with van der Waals surface area (Å²) in [5.74, 6) is -0.0957. The number of hydrogen-bond donors (Lipinski definition) is 0. The molecule has 2 aliphatic rings. The fourth-order valence-electron chi connectivity index (χ4n) is 4.35. The van der Waals surface area contributed by atoms with Gasteiger partial charge in [-0.05, 0) is 32.1 Å². The Morgan fingerprint density at radius 1 is 0.778 bits per heavy atom. The van der Waals surface area contributed by atoms with E-state index in [2.05, 4.69) is 6.92 Å². The van der Waals surface area contributed by atoms with Crippen LogP contribution in [0, 0.1) is 0 Å². The van der Waals surface area contributed by atoms with Crippen LogP contribution in [0.4, 0.5) is 0 Å². The van der Waals surface area contributed by atoms with Crippen molar-refractivity contribution in [3.05, 3.63) is 0 Å². The Labute approximate surface area is 168 Å². The first-order valence-corrected chi connectivity index (χ1v) is 12.2. The van der Waals surface area contributed by atoms with E-state index >= 15 is 0 Å². The highest BCUT2D eigenvalue weighted by molar-refractivity contribution is 5.78. The molecule has 0 aromatic heterocycles. The molecule has 1 saturated carbocycles. The molecule has 27 heavy (non-hydrogen) atoms. The third kappa shape index (κ3) is 10.5. The topological polar surface area (TPSA) is 38.8 Å². The van der Waals surface area contributed by atoms with Crippen molar-refractivity contribution in [2.24, 2.45) is 0 Å². The van der Waals surface area contributed by atoms with E-state index in [4.69, 9.17) is 9.47 Å². The lowest BCUT2D eigenvalue weighted by molar-refractivity contribution is -0.152. The van der Waals surface area contributed by atoms with E-state index < -0.39 is 0 Å². The third-order valence-electron chi connectivity index (χ3n) is 6.24. The smallest absolute Gasteiger partial charge is 0.338 e. The Hall–Kier alpha value is -0.570. The van der Waals surface area contributed by atoms with E-state index in [1.807, 2.05) is 0 Å². The van der Waals surface area contributed by atoms with E-state index in [1.165, 1.54) is 103 Å². The lowest BCUT2D eigenvalue weighted by Gasteiger charge is -2.21. The summed E-state index contributed by atoms with van der Waals surface area (Å²) in [6.07, 6.45) is 24.8. The van der Waals surface area contributed by atoms with E-state index in [9.17, 15) is 4.79 Å². The lowest BCUT2D eigenvalue weighted by atomic mass is 9.98. The average Bonchev–Trinajstić information content (AvgIpc) is 3.46. The number of rotatable bonds is 16. The van der Waals surface area contributed by atoms with E-state index in [0.717, 1.165) is 19.3 Å². The lowest BCUT2D eigenvalue weighted by Crippen LogP contribution is -2.24. The molecule has 158 valence electrons. The highest BCUT2D eigenvalue weighted by atomic mass is 16.6. The number of ether oxygens (including phenoxy) is 2. The number of epoxide rings is 1. The minimum Gasteiger partial charge on any atom is -0.460 e. The number of hydrogen-bond acceptors (Lipinski definition) is 3. The van der Waals surface area contributed by atoms with Gasteiger partial charge in [-0.1, -0.05) is 96.8 Å². The molecule has 0 aromatic carbocycles. The Morgan fingerprint density at radius 2 is 1.30 bits per heavy atom. The summed E-state index contributed by atoms with van der Waals surface area (Å²) in [5.41, 5.74) is 0. The summed E-state index contributed by atoms with van der Waals surface area (Å²) in [6, 6.07) is 0. The maximum absolute atomic E-state index is 12.1. The van der Waals surface area contributed by atoms with Gasteiger partial charge in [0.1, 0.15) is 6.10 Å². The van der Waals surface area contributed by atoms with Crippen molar-refractivity contribution in [3.63, 3.8) is 0 Å². The molecule has 0 aromatic rings. The Kier molecular flexibility index (Phi) is 12.1. The zero-order valence-electron chi connectivity index (χ0n) is 17.9. The summed E-state index contributed by atoms with van der Waals surface area (Å²) in [5, 5.41) is 0. The molecule has 2 atom stereocenters. The van der Waals surface area contributed by atoms with Gasteiger partial charge in [0.05, 0.1) is 6.10 Å². The molecule has 1 saturated heterocycles. The van der Waals surface area contributed by atoms with Gasteiger partial charge >= 0.3 is 5.97 Å². The molecule has 3 heteroatoms. The largest absolute Gasteiger partial charge is 0.460 e. The number of esters is 1. The van der Waals surface area contributed by atoms with Crippen LogP contribution in [0.2, 0.25) is 0 Å². The fraction of sp³-hybridized carbons (Fsp3) is 0.958. The van der Waals surface area contributed by atoms with E-state index in [1.54, 1.807) is 0 Å². The minimum atomic E-state index is -0.246. The van der Waals surface area contributed by atoms with Crippen LogP contribution in [-0.4, -0.2) is 24.3 Å². The van der Waals surface area contributed by atoms with Crippen LogP contribution < -0.4 is 0 Å². The normalized spacial score (nSPS) is 22.7. The standard InChI is InChI=1S/C24H44O3/c1-2-3-4-5-6-7-8-9-10-11-12-13-17-20-22-23(27-22)24(25)26-21-18-15-14-16-19-21/h21-23H,2-20H2,1H3. The first-order chi connectivity index (χ1) is 13.3. The second kappa shape index (κ2) is 14.4. The maximum atomic E-state index is 12.1. The van der Waals surface area contributed by atoms with Gasteiger partial charge in [-0.25, -0.2) is 4.79 Å². The summed E-state index contributed by atoms with van der Waals surface area (Å²) >= 11 is 0. The van der Waals surface area contributed by atoms with Gasteiger partial charge in [0.25, 0.3) is 0 Å².